The molecule has 0 radical (unpaired) electrons. The van der Waals surface area contributed by atoms with Crippen LogP contribution in [0.15, 0.2) is 43.0 Å². The second-order valence-corrected chi connectivity index (χ2v) is 19.5. The molecule has 2 aliphatic heterocycles. The number of fused-ring (bicyclic) bond motifs is 5. The van der Waals surface area contributed by atoms with Crippen LogP contribution in [-0.2, 0) is 40.4 Å². The maximum atomic E-state index is 15.0. The number of allylic oxidation sites excluding steroid dienone is 2. The van der Waals surface area contributed by atoms with Crippen LogP contribution in [0.25, 0.3) is 10.9 Å². The van der Waals surface area contributed by atoms with E-state index in [-0.39, 0.29) is 55.5 Å². The third-order valence-electron chi connectivity index (χ3n) is 13.3. The average Bonchev–Trinajstić information content (AvgIpc) is 3.98. The topological polar surface area (TPSA) is 170 Å². The Balaban J connectivity index is 1.16. The summed E-state index contributed by atoms with van der Waals surface area (Å²) in [5.41, 5.74) is -0.282. The van der Waals surface area contributed by atoms with Gasteiger partial charge in [0.25, 0.3) is 5.91 Å². The fourth-order valence-electron chi connectivity index (χ4n) is 9.83. The van der Waals surface area contributed by atoms with Crippen molar-refractivity contribution in [1.82, 2.24) is 19.9 Å². The number of esters is 1. The molecule has 0 spiro atoms. The Morgan fingerprint density at radius 3 is 2.53 bits per heavy atom. The lowest BCUT2D eigenvalue weighted by Crippen LogP contribution is -2.57. The first-order valence-corrected chi connectivity index (χ1v) is 22.8. The molecule has 3 amide bonds. The standard InChI is InChI=1S/C43H53ClN4O9S/c1-3-27-23-43(27,42(52)47-58(53,54)30-17-18-30)46-39(50)35-21-29-24-48(35)41(51)33(25-10-7-8-11-25)22-37(49)57-36-15-9-13-26(36)12-5-4-6-14-32-38(55-2)31-19-16-28(44)20-34(31)45-40(32)56-29/h3-4,6,16,19-20,25-27,29-30,33,35-36H,1,5,7-15,17-18,21-24H2,2H3,(H,46,50)(H,47,52)/b6-4+/t26-,27-,29-,33+,35+,36-,43-/m1/s1. The Morgan fingerprint density at radius 2 is 1.81 bits per heavy atom. The molecule has 2 N–H and O–H groups in total. The van der Waals surface area contributed by atoms with E-state index in [1.54, 1.807) is 19.2 Å². The fraction of sp³-hybridized carbons (Fsp3) is 0.605. The molecule has 8 rings (SSSR count). The van der Waals surface area contributed by atoms with Crippen LogP contribution in [0, 0.1) is 23.7 Å². The van der Waals surface area contributed by atoms with E-state index >= 15 is 0 Å². The summed E-state index contributed by atoms with van der Waals surface area (Å²) >= 11 is 6.41. The smallest absolute Gasteiger partial charge is 0.306 e. The van der Waals surface area contributed by atoms with E-state index in [0.717, 1.165) is 63.2 Å². The molecule has 312 valence electrons. The number of hydrogen-bond donors (Lipinski definition) is 2. The number of hydrogen-bond acceptors (Lipinski definition) is 10. The van der Waals surface area contributed by atoms with Gasteiger partial charge in [-0.3, -0.25) is 23.9 Å². The lowest BCUT2D eigenvalue weighted by molar-refractivity contribution is -0.156. The van der Waals surface area contributed by atoms with Gasteiger partial charge in [0.05, 0.1) is 42.3 Å². The molecular weight excluding hydrogens is 784 g/mol. The fourth-order valence-corrected chi connectivity index (χ4v) is 11.4. The second-order valence-electron chi connectivity index (χ2n) is 17.1. The average molecular weight is 837 g/mol. The number of halogens is 1. The van der Waals surface area contributed by atoms with Crippen molar-refractivity contribution in [3.05, 3.63) is 53.6 Å². The Labute approximate surface area is 344 Å². The van der Waals surface area contributed by atoms with Crippen LogP contribution in [0.3, 0.4) is 0 Å². The normalized spacial score (nSPS) is 31.2. The number of ether oxygens (including phenoxy) is 3. The number of amides is 3. The Morgan fingerprint density at radius 1 is 1.03 bits per heavy atom. The van der Waals surface area contributed by atoms with Crippen molar-refractivity contribution in [3.63, 3.8) is 0 Å². The summed E-state index contributed by atoms with van der Waals surface area (Å²) in [6.07, 6.45) is 14.0. The number of carbonyl (C=O) groups excluding carboxylic acids is 4. The predicted octanol–water partition coefficient (Wildman–Crippen LogP) is 5.72. The van der Waals surface area contributed by atoms with Crippen LogP contribution in [0.1, 0.15) is 95.5 Å². The van der Waals surface area contributed by atoms with Crippen molar-refractivity contribution >= 4 is 56.2 Å². The van der Waals surface area contributed by atoms with Gasteiger partial charge >= 0.3 is 5.97 Å². The molecule has 1 saturated heterocycles. The van der Waals surface area contributed by atoms with Crippen LogP contribution in [0.2, 0.25) is 5.02 Å². The van der Waals surface area contributed by atoms with E-state index in [4.69, 9.17) is 30.8 Å². The maximum absolute atomic E-state index is 15.0. The molecule has 4 aliphatic carbocycles. The summed E-state index contributed by atoms with van der Waals surface area (Å²) in [5.74, 6) is -2.39. The predicted molar refractivity (Wildman–Crippen MR) is 216 cm³/mol. The van der Waals surface area contributed by atoms with E-state index < -0.39 is 62.6 Å². The molecule has 58 heavy (non-hydrogen) atoms. The van der Waals surface area contributed by atoms with Crippen molar-refractivity contribution < 1.29 is 41.8 Å². The first kappa shape index (κ1) is 40.6. The van der Waals surface area contributed by atoms with Gasteiger partial charge in [0, 0.05) is 22.7 Å². The summed E-state index contributed by atoms with van der Waals surface area (Å²) in [6.45, 7) is 3.83. The van der Waals surface area contributed by atoms with Crippen LogP contribution in [-0.4, -0.2) is 84.7 Å². The lowest BCUT2D eigenvalue weighted by atomic mass is 9.86. The number of nitrogens with zero attached hydrogens (tertiary/aromatic N) is 2. The van der Waals surface area contributed by atoms with Crippen LogP contribution in [0.5, 0.6) is 11.6 Å². The molecule has 6 aliphatic rings. The summed E-state index contributed by atoms with van der Waals surface area (Å²) < 4.78 is 46.7. The summed E-state index contributed by atoms with van der Waals surface area (Å²) in [7, 11) is -2.31. The van der Waals surface area contributed by atoms with Crippen molar-refractivity contribution in [2.45, 2.75) is 125 Å². The molecule has 2 aromatic rings. The van der Waals surface area contributed by atoms with Gasteiger partial charge in [0.15, 0.2) is 0 Å². The third kappa shape index (κ3) is 8.20. The largest absolute Gasteiger partial charge is 0.496 e. The maximum Gasteiger partial charge on any atom is 0.306 e. The highest BCUT2D eigenvalue weighted by Gasteiger charge is 2.62. The van der Waals surface area contributed by atoms with E-state index in [1.165, 1.54) is 11.0 Å². The van der Waals surface area contributed by atoms with Crippen LogP contribution >= 0.6 is 11.6 Å². The number of pyridine rings is 1. The van der Waals surface area contributed by atoms with Gasteiger partial charge in [0.2, 0.25) is 27.7 Å². The number of sulfonamides is 1. The number of benzene rings is 1. The highest BCUT2D eigenvalue weighted by atomic mass is 35.5. The Bertz CT molecular complexity index is 2120. The number of carbonyl (C=O) groups is 4. The molecular formula is C43H53ClN4O9S. The molecule has 13 nitrogen and oxygen atoms in total. The van der Waals surface area contributed by atoms with E-state index in [0.29, 0.717) is 41.1 Å². The first-order chi connectivity index (χ1) is 27.9. The van der Waals surface area contributed by atoms with E-state index in [9.17, 15) is 27.6 Å². The quantitative estimate of drug-likeness (QED) is 0.248. The second kappa shape index (κ2) is 16.5. The third-order valence-corrected chi connectivity index (χ3v) is 15.3. The zero-order chi connectivity index (χ0) is 40.8. The number of methoxy groups -OCH3 is 1. The van der Waals surface area contributed by atoms with Gasteiger partial charge in [-0.2, -0.15) is 0 Å². The SMILES string of the molecule is C=C[C@@H]1C[C@]1(NC(=O)[C@@H]1C[C@@H]2CN1C(=O)[C@H](C1CCCC1)CC(=O)O[C@@H]1CCC[C@H]1CC/C=C/Cc1c(nc3cc(Cl)ccc3c1OC)O2)C(=O)NS(=O)(=O)C1CC1. The van der Waals surface area contributed by atoms with Crippen molar-refractivity contribution in [2.75, 3.05) is 13.7 Å². The number of aromatic nitrogens is 1. The van der Waals surface area contributed by atoms with Crippen LogP contribution < -0.4 is 19.5 Å². The minimum absolute atomic E-state index is 0.00683. The Hall–Kier alpha value is -4.17. The van der Waals surface area contributed by atoms with Crippen molar-refractivity contribution in [3.8, 4) is 11.6 Å². The molecule has 1 aromatic heterocycles. The molecule has 4 saturated carbocycles. The van der Waals surface area contributed by atoms with Gasteiger partial charge in [-0.15, -0.1) is 6.58 Å². The molecule has 1 aromatic carbocycles. The summed E-state index contributed by atoms with van der Waals surface area (Å²) in [4.78, 5) is 63.4. The van der Waals surface area contributed by atoms with Crippen molar-refractivity contribution in [2.24, 2.45) is 23.7 Å². The lowest BCUT2D eigenvalue weighted by Gasteiger charge is -2.32. The molecule has 0 unspecified atom stereocenters. The Kier molecular flexibility index (Phi) is 11.5. The minimum Gasteiger partial charge on any atom is -0.496 e. The molecule has 15 heteroatoms. The molecule has 2 bridgehead atoms. The van der Waals surface area contributed by atoms with Gasteiger partial charge < -0.3 is 24.4 Å². The highest BCUT2D eigenvalue weighted by Crippen LogP contribution is 2.46. The number of rotatable bonds is 8. The monoisotopic (exact) mass is 836 g/mol. The minimum atomic E-state index is -3.90. The molecule has 7 atom stereocenters. The summed E-state index contributed by atoms with van der Waals surface area (Å²) in [6, 6.07) is 4.26. The first-order valence-electron chi connectivity index (χ1n) is 20.9. The van der Waals surface area contributed by atoms with Gasteiger partial charge in [-0.1, -0.05) is 42.7 Å². The summed E-state index contributed by atoms with van der Waals surface area (Å²) in [5, 5.41) is 3.48. The zero-order valence-electron chi connectivity index (χ0n) is 33.0. The van der Waals surface area contributed by atoms with E-state index in [2.05, 4.69) is 28.8 Å². The van der Waals surface area contributed by atoms with Gasteiger partial charge in [-0.25, -0.2) is 13.4 Å². The highest BCUT2D eigenvalue weighted by molar-refractivity contribution is 7.91. The van der Waals surface area contributed by atoms with Crippen molar-refractivity contribution in [1.29, 1.82) is 0 Å². The number of nitrogens with one attached hydrogen (secondary N) is 2. The van der Waals surface area contributed by atoms with E-state index in [1.807, 2.05) is 6.07 Å². The molecule has 5 fully saturated rings. The van der Waals surface area contributed by atoms with Gasteiger partial charge in [0.1, 0.15) is 29.5 Å². The van der Waals surface area contributed by atoms with Gasteiger partial charge in [-0.05, 0) is 101 Å². The van der Waals surface area contributed by atoms with Crippen LogP contribution in [0.4, 0.5) is 0 Å². The molecule has 3 heterocycles. The zero-order valence-corrected chi connectivity index (χ0v) is 34.5.